The number of anilines is 1. The Bertz CT molecular complexity index is 1230. The summed E-state index contributed by atoms with van der Waals surface area (Å²) in [5.74, 6) is -1.29. The van der Waals surface area contributed by atoms with Crippen molar-refractivity contribution in [2.45, 2.75) is 33.2 Å². The summed E-state index contributed by atoms with van der Waals surface area (Å²) in [6.07, 6.45) is 0.118. The first-order valence-electron chi connectivity index (χ1n) is 10.1. The summed E-state index contributed by atoms with van der Waals surface area (Å²) in [5.41, 5.74) is 2.92. The minimum atomic E-state index is -0.915. The third kappa shape index (κ3) is 3.39. The van der Waals surface area contributed by atoms with Gasteiger partial charge in [-0.2, -0.15) is 0 Å². The van der Waals surface area contributed by atoms with Gasteiger partial charge >= 0.3 is 0 Å². The molecule has 8 nitrogen and oxygen atoms in total. The molecule has 1 aliphatic heterocycles. The maximum absolute atomic E-state index is 13.1. The lowest BCUT2D eigenvalue weighted by atomic mass is 9.95. The number of rotatable bonds is 6. The van der Waals surface area contributed by atoms with E-state index in [0.717, 1.165) is 11.1 Å². The van der Waals surface area contributed by atoms with Crippen LogP contribution in [0, 0.1) is 6.92 Å². The van der Waals surface area contributed by atoms with Crippen molar-refractivity contribution in [1.82, 2.24) is 9.97 Å². The molecule has 0 aliphatic carbocycles. The van der Waals surface area contributed by atoms with Crippen LogP contribution >= 0.6 is 0 Å². The van der Waals surface area contributed by atoms with Crippen LogP contribution in [0.4, 0.5) is 5.95 Å². The predicted octanol–water partition coefficient (Wildman–Crippen LogP) is 3.85. The third-order valence-electron chi connectivity index (χ3n) is 5.28. The van der Waals surface area contributed by atoms with Crippen LogP contribution in [0.1, 0.15) is 37.4 Å². The van der Waals surface area contributed by atoms with Gasteiger partial charge in [0.2, 0.25) is 5.95 Å². The minimum Gasteiger partial charge on any atom is -0.504 e. The van der Waals surface area contributed by atoms with E-state index in [-0.39, 0.29) is 35.2 Å². The summed E-state index contributed by atoms with van der Waals surface area (Å²) < 4.78 is 5.47. The number of Topliss-reactive ketones (excluding diaryl/α,β-unsaturated/α-hetero) is 1. The smallest absolute Gasteiger partial charge is 0.296 e. The highest BCUT2D eigenvalue weighted by molar-refractivity contribution is 6.16. The molecule has 0 saturated carbocycles. The molecule has 8 heteroatoms. The second kappa shape index (κ2) is 7.79. The maximum Gasteiger partial charge on any atom is 0.296 e. The van der Waals surface area contributed by atoms with Gasteiger partial charge in [-0.1, -0.05) is 19.1 Å². The number of aromatic amines is 1. The van der Waals surface area contributed by atoms with Crippen LogP contribution in [0.5, 0.6) is 11.5 Å². The van der Waals surface area contributed by atoms with Crippen molar-refractivity contribution >= 4 is 28.7 Å². The molecule has 0 fully saturated rings. The van der Waals surface area contributed by atoms with Crippen LogP contribution in [-0.4, -0.2) is 38.5 Å². The molecule has 160 valence electrons. The number of aromatic hydroxyl groups is 1. The molecule has 4 rings (SSSR count). The Morgan fingerprint density at radius 2 is 1.97 bits per heavy atom. The number of H-pyrrole nitrogens is 1. The van der Waals surface area contributed by atoms with Gasteiger partial charge in [0.25, 0.3) is 5.91 Å². The SMILES string of the molecule is CCOc1cc(C2C(C(=O)CC)=C(O)C(=O)N2c2nc3ccc(C)cc3[nH]2)ccc1O. The molecule has 3 N–H and O–H groups in total. The van der Waals surface area contributed by atoms with Gasteiger partial charge in [-0.15, -0.1) is 0 Å². The van der Waals surface area contributed by atoms with E-state index in [1.807, 2.05) is 25.1 Å². The van der Waals surface area contributed by atoms with E-state index in [0.29, 0.717) is 17.7 Å². The zero-order chi connectivity index (χ0) is 22.3. The molecular weight excluding hydrogens is 398 g/mol. The molecule has 0 saturated heterocycles. The van der Waals surface area contributed by atoms with Crippen molar-refractivity contribution in [3.63, 3.8) is 0 Å². The number of amides is 1. The highest BCUT2D eigenvalue weighted by Gasteiger charge is 2.45. The number of hydrogen-bond acceptors (Lipinski definition) is 6. The number of imidazole rings is 1. The van der Waals surface area contributed by atoms with Gasteiger partial charge in [0.15, 0.2) is 23.0 Å². The van der Waals surface area contributed by atoms with Gasteiger partial charge in [-0.05, 0) is 49.2 Å². The predicted molar refractivity (Wildman–Crippen MR) is 115 cm³/mol. The minimum absolute atomic E-state index is 0.00252. The Balaban J connectivity index is 1.90. The van der Waals surface area contributed by atoms with Crippen LogP contribution < -0.4 is 9.64 Å². The zero-order valence-corrected chi connectivity index (χ0v) is 17.5. The largest absolute Gasteiger partial charge is 0.504 e. The summed E-state index contributed by atoms with van der Waals surface area (Å²) in [5, 5.41) is 20.7. The van der Waals surface area contributed by atoms with Gasteiger partial charge in [-0.3, -0.25) is 14.5 Å². The first-order chi connectivity index (χ1) is 14.8. The van der Waals surface area contributed by atoms with Crippen molar-refractivity contribution in [2.24, 2.45) is 0 Å². The van der Waals surface area contributed by atoms with Gasteiger partial charge < -0.3 is 19.9 Å². The van der Waals surface area contributed by atoms with Gasteiger partial charge in [0, 0.05) is 6.42 Å². The fourth-order valence-electron chi connectivity index (χ4n) is 3.81. The summed E-state index contributed by atoms with van der Waals surface area (Å²) in [4.78, 5) is 34.7. The molecule has 2 aromatic carbocycles. The number of ketones is 1. The molecule has 2 heterocycles. The highest BCUT2D eigenvalue weighted by atomic mass is 16.5. The van der Waals surface area contributed by atoms with E-state index in [2.05, 4.69) is 9.97 Å². The number of aromatic nitrogens is 2. The fourth-order valence-corrected chi connectivity index (χ4v) is 3.81. The van der Waals surface area contributed by atoms with Crippen molar-refractivity contribution in [3.8, 4) is 11.5 Å². The molecule has 31 heavy (non-hydrogen) atoms. The Kier molecular flexibility index (Phi) is 5.14. The quantitative estimate of drug-likeness (QED) is 0.557. The number of aryl methyl sites for hydroxylation is 1. The van der Waals surface area contributed by atoms with E-state index in [4.69, 9.17) is 4.74 Å². The Labute approximate surface area is 178 Å². The number of benzene rings is 2. The fraction of sp³-hybridized carbons (Fsp3) is 0.261. The Hall–Kier alpha value is -3.81. The summed E-state index contributed by atoms with van der Waals surface area (Å²) in [6, 6.07) is 9.33. The number of nitrogens with one attached hydrogen (secondary N) is 1. The number of phenols is 1. The second-order valence-electron chi connectivity index (χ2n) is 7.36. The number of ether oxygens (including phenoxy) is 1. The molecule has 0 radical (unpaired) electrons. The molecule has 1 atom stereocenters. The average Bonchev–Trinajstić information content (AvgIpc) is 3.27. The van der Waals surface area contributed by atoms with Crippen LogP contribution in [0.3, 0.4) is 0 Å². The number of nitrogens with zero attached hydrogens (tertiary/aromatic N) is 2. The van der Waals surface area contributed by atoms with E-state index >= 15 is 0 Å². The van der Waals surface area contributed by atoms with Gasteiger partial charge in [0.1, 0.15) is 0 Å². The van der Waals surface area contributed by atoms with Crippen LogP contribution in [0.15, 0.2) is 47.7 Å². The van der Waals surface area contributed by atoms with E-state index in [9.17, 15) is 19.8 Å². The number of aliphatic hydroxyl groups excluding tert-OH is 1. The number of aliphatic hydroxyl groups is 1. The van der Waals surface area contributed by atoms with E-state index in [1.54, 1.807) is 26.0 Å². The Morgan fingerprint density at radius 3 is 2.68 bits per heavy atom. The van der Waals surface area contributed by atoms with Crippen LogP contribution in [-0.2, 0) is 9.59 Å². The van der Waals surface area contributed by atoms with Crippen molar-refractivity contribution in [3.05, 3.63) is 58.9 Å². The zero-order valence-electron chi connectivity index (χ0n) is 17.5. The lowest BCUT2D eigenvalue weighted by Crippen LogP contribution is -2.32. The standard InChI is InChI=1S/C23H23N3O5/c1-4-16(27)19-20(13-7-9-17(28)18(11-13)31-5-2)26(22(30)21(19)29)23-24-14-8-6-12(3)10-15(14)25-23/h6-11,20,28-29H,4-5H2,1-3H3,(H,24,25). The first kappa shape index (κ1) is 20.5. The summed E-state index contributed by atoms with van der Waals surface area (Å²) >= 11 is 0. The third-order valence-corrected chi connectivity index (χ3v) is 5.28. The number of carbonyl (C=O) groups excluding carboxylic acids is 2. The first-order valence-corrected chi connectivity index (χ1v) is 10.1. The topological polar surface area (TPSA) is 116 Å². The molecule has 1 unspecified atom stereocenters. The molecule has 0 spiro atoms. The number of fused-ring (bicyclic) bond motifs is 1. The van der Waals surface area contributed by atoms with Gasteiger partial charge in [-0.25, -0.2) is 4.98 Å². The van der Waals surface area contributed by atoms with Crippen molar-refractivity contribution < 1.29 is 24.5 Å². The number of hydrogen-bond donors (Lipinski definition) is 3. The average molecular weight is 421 g/mol. The van der Waals surface area contributed by atoms with Crippen molar-refractivity contribution in [1.29, 1.82) is 0 Å². The molecular formula is C23H23N3O5. The molecule has 0 bridgehead atoms. The van der Waals surface area contributed by atoms with E-state index < -0.39 is 17.7 Å². The number of carbonyl (C=O) groups is 2. The highest BCUT2D eigenvalue weighted by Crippen LogP contribution is 2.42. The lowest BCUT2D eigenvalue weighted by molar-refractivity contribution is -0.118. The Morgan fingerprint density at radius 1 is 1.19 bits per heavy atom. The second-order valence-corrected chi connectivity index (χ2v) is 7.36. The summed E-state index contributed by atoms with van der Waals surface area (Å²) in [6.45, 7) is 5.72. The molecule has 1 amide bonds. The maximum atomic E-state index is 13.1. The molecule has 3 aromatic rings. The van der Waals surface area contributed by atoms with Crippen molar-refractivity contribution in [2.75, 3.05) is 11.5 Å². The lowest BCUT2D eigenvalue weighted by Gasteiger charge is -2.25. The normalized spacial score (nSPS) is 16.4. The van der Waals surface area contributed by atoms with Crippen LogP contribution in [0.25, 0.3) is 11.0 Å². The summed E-state index contributed by atoms with van der Waals surface area (Å²) in [7, 11) is 0. The number of phenolic OH excluding ortho intramolecular Hbond substituents is 1. The van der Waals surface area contributed by atoms with Gasteiger partial charge in [0.05, 0.1) is 29.3 Å². The van der Waals surface area contributed by atoms with Crippen LogP contribution in [0.2, 0.25) is 0 Å². The monoisotopic (exact) mass is 421 g/mol. The van der Waals surface area contributed by atoms with E-state index in [1.165, 1.54) is 11.0 Å². The molecule has 1 aromatic heterocycles. The molecule has 1 aliphatic rings.